The van der Waals surface area contributed by atoms with Gasteiger partial charge in [-0.2, -0.15) is 0 Å². The van der Waals surface area contributed by atoms with E-state index >= 15 is 0 Å². The van der Waals surface area contributed by atoms with E-state index in [0.29, 0.717) is 0 Å². The average Bonchev–Trinajstić information content (AvgIpc) is 2.50. The normalized spacial score (nSPS) is 10.9. The zero-order valence-corrected chi connectivity index (χ0v) is 14.2. The average molecular weight is 305 g/mol. The van der Waals surface area contributed by atoms with Gasteiger partial charge in [-0.3, -0.25) is 0 Å². The third kappa shape index (κ3) is 3.26. The Balaban J connectivity index is 2.15. The fourth-order valence-electron chi connectivity index (χ4n) is 2.57. The summed E-state index contributed by atoms with van der Waals surface area (Å²) in [6, 6.07) is 26.7. The molecule has 0 nitrogen and oxygen atoms in total. The van der Waals surface area contributed by atoms with E-state index < -0.39 is 0 Å². The summed E-state index contributed by atoms with van der Waals surface area (Å²) < 4.78 is 0. The van der Waals surface area contributed by atoms with Gasteiger partial charge in [-0.1, -0.05) is 42.0 Å². The van der Waals surface area contributed by atoms with Gasteiger partial charge in [0.15, 0.2) is 14.7 Å². The van der Waals surface area contributed by atoms with Crippen LogP contribution in [0.5, 0.6) is 0 Å². The van der Waals surface area contributed by atoms with Crippen molar-refractivity contribution >= 4 is 10.9 Å². The minimum Gasteiger partial charge on any atom is -0.0590 e. The van der Waals surface area contributed by atoms with Crippen LogP contribution in [0.2, 0.25) is 0 Å². The molecule has 110 valence electrons. The molecule has 3 aromatic rings. The van der Waals surface area contributed by atoms with Crippen molar-refractivity contribution in [1.29, 1.82) is 0 Å². The van der Waals surface area contributed by atoms with E-state index in [1.54, 1.807) is 0 Å². The van der Waals surface area contributed by atoms with Gasteiger partial charge < -0.3 is 0 Å². The van der Waals surface area contributed by atoms with Crippen LogP contribution in [0, 0.1) is 20.8 Å². The molecule has 0 aliphatic carbocycles. The van der Waals surface area contributed by atoms with Crippen molar-refractivity contribution < 1.29 is 0 Å². The summed E-state index contributed by atoms with van der Waals surface area (Å²) in [6.07, 6.45) is 0. The predicted octanol–water partition coefficient (Wildman–Crippen LogP) is 5.71. The summed E-state index contributed by atoms with van der Waals surface area (Å²) in [7, 11) is -0.0435. The van der Waals surface area contributed by atoms with E-state index in [9.17, 15) is 0 Å². The Hall–Kier alpha value is -1.99. The van der Waals surface area contributed by atoms with Crippen molar-refractivity contribution in [2.75, 3.05) is 0 Å². The Labute approximate surface area is 136 Å². The molecule has 22 heavy (non-hydrogen) atoms. The van der Waals surface area contributed by atoms with E-state index in [4.69, 9.17) is 0 Å². The molecule has 0 atom stereocenters. The molecule has 1 heteroatoms. The molecule has 0 saturated heterocycles. The molecular formula is C21H21S+. The van der Waals surface area contributed by atoms with Crippen molar-refractivity contribution in [3.05, 3.63) is 89.5 Å². The first-order chi connectivity index (χ1) is 10.6. The van der Waals surface area contributed by atoms with Crippen LogP contribution >= 0.6 is 0 Å². The molecule has 3 rings (SSSR count). The summed E-state index contributed by atoms with van der Waals surface area (Å²) in [4.78, 5) is 4.14. The summed E-state index contributed by atoms with van der Waals surface area (Å²) in [5.74, 6) is 0. The van der Waals surface area contributed by atoms with Gasteiger partial charge in [0.2, 0.25) is 0 Å². The molecule has 0 amide bonds. The lowest BCUT2D eigenvalue weighted by molar-refractivity contribution is 1.27. The second-order valence-electron chi connectivity index (χ2n) is 5.75. The highest BCUT2D eigenvalue weighted by Gasteiger charge is 2.28. The second-order valence-corrected chi connectivity index (χ2v) is 7.78. The van der Waals surface area contributed by atoms with E-state index in [2.05, 4.69) is 93.6 Å². The molecule has 0 unspecified atom stereocenters. The summed E-state index contributed by atoms with van der Waals surface area (Å²) in [5.41, 5.74) is 3.94. The first-order valence-electron chi connectivity index (χ1n) is 7.58. The topological polar surface area (TPSA) is 0 Å². The van der Waals surface area contributed by atoms with Crippen molar-refractivity contribution in [1.82, 2.24) is 0 Å². The lowest BCUT2D eigenvalue weighted by atomic mass is 10.2. The predicted molar refractivity (Wildman–Crippen MR) is 95.7 cm³/mol. The number of hydrogen-bond acceptors (Lipinski definition) is 0. The third-order valence-electron chi connectivity index (χ3n) is 3.71. The summed E-state index contributed by atoms with van der Waals surface area (Å²) >= 11 is 0. The van der Waals surface area contributed by atoms with Crippen LogP contribution < -0.4 is 0 Å². The third-order valence-corrected chi connectivity index (χ3v) is 5.90. The van der Waals surface area contributed by atoms with E-state index in [-0.39, 0.29) is 10.9 Å². The van der Waals surface area contributed by atoms with Gasteiger partial charge in [-0.15, -0.1) is 0 Å². The zero-order chi connectivity index (χ0) is 15.5. The van der Waals surface area contributed by atoms with Gasteiger partial charge in [0.25, 0.3) is 0 Å². The molecule has 0 saturated carbocycles. The molecule has 0 fully saturated rings. The fraction of sp³-hybridized carbons (Fsp3) is 0.143. The first kappa shape index (κ1) is 14.9. The monoisotopic (exact) mass is 305 g/mol. The van der Waals surface area contributed by atoms with Crippen molar-refractivity contribution in [2.45, 2.75) is 35.5 Å². The van der Waals surface area contributed by atoms with Gasteiger partial charge >= 0.3 is 0 Å². The quantitative estimate of drug-likeness (QED) is 0.544. The zero-order valence-electron chi connectivity index (χ0n) is 13.3. The highest BCUT2D eigenvalue weighted by Crippen LogP contribution is 2.32. The van der Waals surface area contributed by atoms with Gasteiger partial charge in [0.1, 0.15) is 0 Å². The second kappa shape index (κ2) is 6.41. The Bertz CT molecular complexity index is 726. The molecule has 0 aliphatic heterocycles. The highest BCUT2D eigenvalue weighted by molar-refractivity contribution is 7.97. The van der Waals surface area contributed by atoms with Gasteiger partial charge in [-0.05, 0) is 68.3 Å². The van der Waals surface area contributed by atoms with Crippen LogP contribution in [0.3, 0.4) is 0 Å². The minimum absolute atomic E-state index is 0.0435. The SMILES string of the molecule is Cc1ccc([S+](c2cccc(C)c2)c2cccc(C)c2)cc1. The Morgan fingerprint density at radius 2 is 1.00 bits per heavy atom. The maximum Gasteiger partial charge on any atom is 0.166 e. The van der Waals surface area contributed by atoms with Crippen LogP contribution in [0.25, 0.3) is 0 Å². The lowest BCUT2D eigenvalue weighted by Gasteiger charge is -2.09. The summed E-state index contributed by atoms with van der Waals surface area (Å²) in [5, 5.41) is 0. The highest BCUT2D eigenvalue weighted by atomic mass is 32.2. The molecule has 0 aromatic heterocycles. The number of aryl methyl sites for hydroxylation is 3. The molecule has 0 spiro atoms. The Kier molecular flexibility index (Phi) is 4.35. The fourth-order valence-corrected chi connectivity index (χ4v) is 4.83. The number of hydrogen-bond donors (Lipinski definition) is 0. The van der Waals surface area contributed by atoms with Crippen LogP contribution in [0.4, 0.5) is 0 Å². The standard InChI is InChI=1S/C21H21S/c1-16-10-12-19(13-11-16)22(20-8-4-6-17(2)14-20)21-9-5-7-18(3)15-21/h4-15H,1-3H3/q+1. The van der Waals surface area contributed by atoms with E-state index in [1.165, 1.54) is 31.4 Å². The molecule has 0 aliphatic rings. The van der Waals surface area contributed by atoms with Crippen LogP contribution in [-0.2, 0) is 10.9 Å². The smallest absolute Gasteiger partial charge is 0.0590 e. The molecule has 3 aromatic carbocycles. The lowest BCUT2D eigenvalue weighted by Crippen LogP contribution is -2.05. The van der Waals surface area contributed by atoms with Crippen LogP contribution in [-0.4, -0.2) is 0 Å². The van der Waals surface area contributed by atoms with Crippen molar-refractivity contribution in [3.8, 4) is 0 Å². The maximum absolute atomic E-state index is 2.31. The number of rotatable bonds is 3. The van der Waals surface area contributed by atoms with Crippen LogP contribution in [0.1, 0.15) is 16.7 Å². The molecular weight excluding hydrogens is 284 g/mol. The maximum atomic E-state index is 2.31. The van der Waals surface area contributed by atoms with Crippen molar-refractivity contribution in [3.63, 3.8) is 0 Å². The minimum atomic E-state index is -0.0435. The van der Waals surface area contributed by atoms with E-state index in [0.717, 1.165) is 0 Å². The first-order valence-corrected chi connectivity index (χ1v) is 8.80. The number of benzene rings is 3. The van der Waals surface area contributed by atoms with Gasteiger partial charge in [0.05, 0.1) is 10.9 Å². The molecule has 0 N–H and O–H groups in total. The Morgan fingerprint density at radius 3 is 1.45 bits per heavy atom. The van der Waals surface area contributed by atoms with E-state index in [1.807, 2.05) is 0 Å². The van der Waals surface area contributed by atoms with Gasteiger partial charge in [0, 0.05) is 0 Å². The summed E-state index contributed by atoms with van der Waals surface area (Å²) in [6.45, 7) is 6.47. The van der Waals surface area contributed by atoms with Crippen LogP contribution in [0.15, 0.2) is 87.5 Å². The van der Waals surface area contributed by atoms with Gasteiger partial charge in [-0.25, -0.2) is 0 Å². The Morgan fingerprint density at radius 1 is 0.500 bits per heavy atom. The molecule has 0 heterocycles. The largest absolute Gasteiger partial charge is 0.166 e. The molecule has 0 bridgehead atoms. The van der Waals surface area contributed by atoms with Crippen molar-refractivity contribution in [2.24, 2.45) is 0 Å². The molecule has 0 radical (unpaired) electrons.